The van der Waals surface area contributed by atoms with Crippen LogP contribution in [0.2, 0.25) is 0 Å². The average molecular weight is 396 g/mol. The third kappa shape index (κ3) is 3.06. The number of carbonyl (C=O) groups is 1. The van der Waals surface area contributed by atoms with E-state index in [-0.39, 0.29) is 10.8 Å². The van der Waals surface area contributed by atoms with E-state index in [0.717, 1.165) is 38.0 Å². The third-order valence-electron chi connectivity index (χ3n) is 7.48. The van der Waals surface area contributed by atoms with Gasteiger partial charge in [0, 0.05) is 11.4 Å². The molecule has 0 spiro atoms. The zero-order chi connectivity index (χ0) is 19.2. The Morgan fingerprint density at radius 3 is 2.54 bits per heavy atom. The van der Waals surface area contributed by atoms with Gasteiger partial charge < -0.3 is 10.1 Å². The summed E-state index contributed by atoms with van der Waals surface area (Å²) in [5.41, 5.74) is 1.44. The Morgan fingerprint density at radius 2 is 1.89 bits per heavy atom. The number of nitrogens with one attached hydrogen (secondary N) is 1. The Balaban J connectivity index is 1.35. The largest absolute Gasteiger partial charge is 0.497 e. The number of amides is 1. The van der Waals surface area contributed by atoms with Crippen molar-refractivity contribution in [1.29, 1.82) is 0 Å². The van der Waals surface area contributed by atoms with Gasteiger partial charge in [0.2, 0.25) is 5.91 Å². The number of carbonyl (C=O) groups excluding carboxylic acids is 1. The second-order valence-corrected chi connectivity index (χ2v) is 10.4. The first-order chi connectivity index (χ1) is 13.6. The van der Waals surface area contributed by atoms with Crippen molar-refractivity contribution in [3.63, 3.8) is 0 Å². The van der Waals surface area contributed by atoms with Crippen molar-refractivity contribution in [3.8, 4) is 5.75 Å². The van der Waals surface area contributed by atoms with Gasteiger partial charge in [-0.25, -0.2) is 0 Å². The Hall–Kier alpha value is -1.81. The van der Waals surface area contributed by atoms with Crippen LogP contribution in [0.15, 0.2) is 41.8 Å². The van der Waals surface area contributed by atoms with E-state index in [0.29, 0.717) is 17.7 Å². The number of hydrogen-bond acceptors (Lipinski definition) is 3. The highest BCUT2D eigenvalue weighted by Crippen LogP contribution is 2.65. The lowest BCUT2D eigenvalue weighted by atomic mass is 9.42. The molecule has 0 saturated heterocycles. The molecule has 4 aliphatic carbocycles. The average Bonchev–Trinajstić information content (AvgIpc) is 3.20. The fourth-order valence-electron chi connectivity index (χ4n) is 6.75. The van der Waals surface area contributed by atoms with E-state index in [9.17, 15) is 4.79 Å². The predicted molar refractivity (Wildman–Crippen MR) is 113 cm³/mol. The molecule has 6 rings (SSSR count). The molecule has 4 aliphatic rings. The Bertz CT molecular complexity index is 828. The van der Waals surface area contributed by atoms with Gasteiger partial charge in [-0.1, -0.05) is 18.2 Å². The molecule has 2 atom stereocenters. The molecular formula is C24H29NO2S. The van der Waals surface area contributed by atoms with Gasteiger partial charge in [0.15, 0.2) is 0 Å². The summed E-state index contributed by atoms with van der Waals surface area (Å²) in [4.78, 5) is 14.7. The molecule has 0 aliphatic heterocycles. The van der Waals surface area contributed by atoms with E-state index in [1.807, 2.05) is 0 Å². The van der Waals surface area contributed by atoms with Crippen LogP contribution in [0, 0.1) is 17.3 Å². The molecule has 1 amide bonds. The molecule has 4 bridgehead atoms. The number of hydrogen-bond donors (Lipinski definition) is 1. The number of methoxy groups -OCH3 is 1. The van der Waals surface area contributed by atoms with Crippen molar-refractivity contribution < 1.29 is 9.53 Å². The maximum absolute atomic E-state index is 13.4. The smallest absolute Gasteiger partial charge is 0.226 e. The first kappa shape index (κ1) is 18.2. The van der Waals surface area contributed by atoms with Crippen LogP contribution in [0.25, 0.3) is 0 Å². The zero-order valence-electron chi connectivity index (χ0n) is 16.6. The first-order valence-electron chi connectivity index (χ1n) is 10.6. The molecule has 1 heterocycles. The van der Waals surface area contributed by atoms with Crippen LogP contribution in [0.5, 0.6) is 5.75 Å². The van der Waals surface area contributed by atoms with Gasteiger partial charge in [-0.05, 0) is 91.3 Å². The molecule has 0 unspecified atom stereocenters. The van der Waals surface area contributed by atoms with Crippen molar-refractivity contribution >= 4 is 17.2 Å². The standard InChI is InChI=1S/C24H29NO2S/c1-27-20-6-4-19(5-7-20)23-12-17-11-18(13-23)15-24(14-17,16-23)22(26)25-9-8-21-3-2-10-28-21/h2-7,10,17-18H,8-9,11-16H2,1H3,(H,25,26)/t17-,18-,23?,24?/m0/s1. The fourth-order valence-corrected chi connectivity index (χ4v) is 7.46. The SMILES string of the molecule is COc1ccc(C23C[C@@H]4C[C@H](CC(C(=O)NCCc5cccs5)(C4)C2)C3)cc1. The minimum Gasteiger partial charge on any atom is -0.497 e. The Kier molecular flexibility index (Phi) is 4.50. The van der Waals surface area contributed by atoms with Gasteiger partial charge in [-0.15, -0.1) is 11.3 Å². The summed E-state index contributed by atoms with van der Waals surface area (Å²) >= 11 is 1.77. The molecule has 148 valence electrons. The van der Waals surface area contributed by atoms with Crippen molar-refractivity contribution in [2.75, 3.05) is 13.7 Å². The topological polar surface area (TPSA) is 38.3 Å². The van der Waals surface area contributed by atoms with Gasteiger partial charge in [0.1, 0.15) is 5.75 Å². The van der Waals surface area contributed by atoms with Gasteiger partial charge in [-0.3, -0.25) is 4.79 Å². The van der Waals surface area contributed by atoms with E-state index in [1.165, 1.54) is 29.7 Å². The van der Waals surface area contributed by atoms with E-state index < -0.39 is 0 Å². The fraction of sp³-hybridized carbons (Fsp3) is 0.542. The number of ether oxygens (including phenoxy) is 1. The normalized spacial score (nSPS) is 33.0. The van der Waals surface area contributed by atoms with Crippen molar-refractivity contribution in [3.05, 3.63) is 52.2 Å². The first-order valence-corrected chi connectivity index (χ1v) is 11.4. The quantitative estimate of drug-likeness (QED) is 0.751. The summed E-state index contributed by atoms with van der Waals surface area (Å²) in [6, 6.07) is 12.9. The maximum atomic E-state index is 13.4. The Labute approximate surface area is 171 Å². The molecule has 1 aromatic heterocycles. The second-order valence-electron chi connectivity index (χ2n) is 9.34. The molecule has 3 nitrogen and oxygen atoms in total. The summed E-state index contributed by atoms with van der Waals surface area (Å²) < 4.78 is 5.36. The molecule has 4 saturated carbocycles. The van der Waals surface area contributed by atoms with Gasteiger partial charge in [-0.2, -0.15) is 0 Å². The molecule has 28 heavy (non-hydrogen) atoms. The van der Waals surface area contributed by atoms with Crippen LogP contribution in [0.3, 0.4) is 0 Å². The predicted octanol–water partition coefficient (Wildman–Crippen LogP) is 4.95. The van der Waals surface area contributed by atoms with Gasteiger partial charge >= 0.3 is 0 Å². The lowest BCUT2D eigenvalue weighted by Gasteiger charge is -2.61. The molecule has 1 N–H and O–H groups in total. The second kappa shape index (κ2) is 6.91. The highest BCUT2D eigenvalue weighted by atomic mass is 32.1. The van der Waals surface area contributed by atoms with Crippen molar-refractivity contribution in [2.45, 2.75) is 50.4 Å². The highest BCUT2D eigenvalue weighted by Gasteiger charge is 2.60. The van der Waals surface area contributed by atoms with Crippen LogP contribution in [0.1, 0.15) is 49.0 Å². The molecule has 1 aromatic carbocycles. The Morgan fingerprint density at radius 1 is 1.14 bits per heavy atom. The van der Waals surface area contributed by atoms with Crippen molar-refractivity contribution in [2.24, 2.45) is 17.3 Å². The van der Waals surface area contributed by atoms with Crippen LogP contribution in [0.4, 0.5) is 0 Å². The highest BCUT2D eigenvalue weighted by molar-refractivity contribution is 7.09. The van der Waals surface area contributed by atoms with Crippen LogP contribution in [-0.4, -0.2) is 19.6 Å². The zero-order valence-corrected chi connectivity index (χ0v) is 17.4. The van der Waals surface area contributed by atoms with E-state index in [1.54, 1.807) is 18.4 Å². The monoisotopic (exact) mass is 395 g/mol. The third-order valence-corrected chi connectivity index (χ3v) is 8.42. The molecule has 0 radical (unpaired) electrons. The lowest BCUT2D eigenvalue weighted by molar-refractivity contribution is -0.149. The lowest BCUT2D eigenvalue weighted by Crippen LogP contribution is -2.59. The summed E-state index contributed by atoms with van der Waals surface area (Å²) in [5, 5.41) is 5.42. The van der Waals surface area contributed by atoms with Crippen LogP contribution in [-0.2, 0) is 16.6 Å². The van der Waals surface area contributed by atoms with Crippen LogP contribution >= 0.6 is 11.3 Å². The number of thiophene rings is 1. The van der Waals surface area contributed by atoms with Crippen molar-refractivity contribution in [1.82, 2.24) is 5.32 Å². The summed E-state index contributed by atoms with van der Waals surface area (Å²) in [7, 11) is 1.72. The molecule has 4 heteroatoms. The summed E-state index contributed by atoms with van der Waals surface area (Å²) in [6.45, 7) is 0.756. The maximum Gasteiger partial charge on any atom is 0.226 e. The molecule has 4 fully saturated rings. The summed E-state index contributed by atoms with van der Waals surface area (Å²) in [6.07, 6.45) is 7.96. The number of rotatable bonds is 6. The summed E-state index contributed by atoms with van der Waals surface area (Å²) in [5.74, 6) is 2.63. The van der Waals surface area contributed by atoms with E-state index in [2.05, 4.69) is 47.1 Å². The van der Waals surface area contributed by atoms with Gasteiger partial charge in [0.25, 0.3) is 0 Å². The number of benzene rings is 1. The molecular weight excluding hydrogens is 366 g/mol. The minimum absolute atomic E-state index is 0.153. The van der Waals surface area contributed by atoms with Crippen LogP contribution < -0.4 is 10.1 Å². The molecule has 2 aromatic rings. The van der Waals surface area contributed by atoms with Gasteiger partial charge in [0.05, 0.1) is 12.5 Å². The van der Waals surface area contributed by atoms with E-state index >= 15 is 0 Å². The minimum atomic E-state index is -0.153. The van der Waals surface area contributed by atoms with E-state index in [4.69, 9.17) is 4.74 Å².